The van der Waals surface area contributed by atoms with Crippen molar-refractivity contribution in [2.45, 2.75) is 0 Å². The van der Waals surface area contributed by atoms with Crippen LogP contribution >= 0.6 is 0 Å². The van der Waals surface area contributed by atoms with Crippen molar-refractivity contribution in [1.29, 1.82) is 0 Å². The first kappa shape index (κ1) is 15.6. The van der Waals surface area contributed by atoms with Gasteiger partial charge < -0.3 is 5.48 Å². The summed E-state index contributed by atoms with van der Waals surface area (Å²) < 4.78 is 34.4. The van der Waals surface area contributed by atoms with Crippen LogP contribution in [0.1, 0.15) is 0 Å². The fourth-order valence-corrected chi connectivity index (χ4v) is 0. The van der Waals surface area contributed by atoms with E-state index in [1.165, 1.54) is 0 Å². The molecule has 0 aliphatic heterocycles. The monoisotopic (exact) mass is 216 g/mol. The normalized spacial score (nSPS) is 8.43. The molecule has 0 aliphatic rings. The van der Waals surface area contributed by atoms with Crippen LogP contribution < -0.4 is 12.3 Å². The minimum absolute atomic E-state index is 0. The second-order valence-corrected chi connectivity index (χ2v) is 2.32. The number of rotatable bonds is 0. The van der Waals surface area contributed by atoms with Gasteiger partial charge in [-0.1, -0.05) is 0 Å². The summed E-state index contributed by atoms with van der Waals surface area (Å²) in [5, 5.41) is 0. The predicted molar refractivity (Wildman–Crippen MR) is 10.1 cm³/mol. The summed E-state index contributed by atoms with van der Waals surface area (Å²) in [4.78, 5) is 0. The molecule has 0 saturated carbocycles. The molecular formula is H2AsCoO5-. The Bertz CT molecular complexity index is 54.2. The van der Waals surface area contributed by atoms with Crippen LogP contribution in [-0.2, 0) is 20.5 Å². The molecule has 0 atom stereocenters. The van der Waals surface area contributed by atoms with Crippen molar-refractivity contribution in [1.82, 2.24) is 0 Å². The van der Waals surface area contributed by atoms with Crippen molar-refractivity contribution < 1.29 is 38.3 Å². The van der Waals surface area contributed by atoms with Gasteiger partial charge in [0.1, 0.15) is 0 Å². The molecule has 47 valence electrons. The van der Waals surface area contributed by atoms with Crippen molar-refractivity contribution in [3.8, 4) is 0 Å². The van der Waals surface area contributed by atoms with Gasteiger partial charge in [-0.05, 0) is 0 Å². The van der Waals surface area contributed by atoms with Gasteiger partial charge in [-0.25, -0.2) is 0 Å². The van der Waals surface area contributed by atoms with E-state index in [1.54, 1.807) is 0 Å². The van der Waals surface area contributed by atoms with Crippen LogP contribution in [0, 0.1) is 0 Å². The second-order valence-electron chi connectivity index (χ2n) is 0.447. The van der Waals surface area contributed by atoms with Crippen LogP contribution in [0.3, 0.4) is 0 Å². The summed E-state index contributed by atoms with van der Waals surface area (Å²) in [6.07, 6.45) is 0. The molecule has 0 fully saturated rings. The van der Waals surface area contributed by atoms with Gasteiger partial charge in [0.15, 0.2) is 0 Å². The van der Waals surface area contributed by atoms with E-state index in [1.807, 2.05) is 0 Å². The van der Waals surface area contributed by atoms with E-state index in [2.05, 4.69) is 0 Å². The smallest absolute Gasteiger partial charge is 2.00 e. The molecule has 0 aromatic rings. The summed E-state index contributed by atoms with van der Waals surface area (Å²) in [6.45, 7) is 0. The van der Waals surface area contributed by atoms with E-state index < -0.39 is 14.5 Å². The third kappa shape index (κ3) is 299. The van der Waals surface area contributed by atoms with Crippen molar-refractivity contribution in [2.75, 3.05) is 0 Å². The van der Waals surface area contributed by atoms with Gasteiger partial charge in [0, 0.05) is 0 Å². The van der Waals surface area contributed by atoms with Crippen LogP contribution in [-0.4, -0.2) is 20.0 Å². The molecule has 0 amide bonds. The zero-order valence-electron chi connectivity index (χ0n) is 2.91. The van der Waals surface area contributed by atoms with E-state index in [9.17, 15) is 0 Å². The van der Waals surface area contributed by atoms with Gasteiger partial charge in [-0.3, -0.25) is 0 Å². The summed E-state index contributed by atoms with van der Waals surface area (Å²) in [6, 6.07) is 0. The van der Waals surface area contributed by atoms with Crippen LogP contribution in [0.25, 0.3) is 0 Å². The maximum Gasteiger partial charge on any atom is 2.00 e. The van der Waals surface area contributed by atoms with Crippen LogP contribution in [0.15, 0.2) is 0 Å². The summed E-state index contributed by atoms with van der Waals surface area (Å²) in [5.74, 6) is 0. The maximum atomic E-state index is 8.61. The minimum Gasteiger partial charge on any atom is 2.00 e. The molecule has 0 spiro atoms. The quantitative estimate of drug-likeness (QED) is 0.377. The third-order valence-electron chi connectivity index (χ3n) is 0. The van der Waals surface area contributed by atoms with Gasteiger partial charge in [-0.2, -0.15) is 0 Å². The average Bonchev–Trinajstić information content (AvgIpc) is 0.722. The standard InChI is InChI=1S/AsH3O4.Co.H2O/c2-1(3,4)5;;/h(H3,2,3,4,5);;1H2/q;+2;/p-3. The molecular weight excluding hydrogens is 214 g/mol. The fourth-order valence-electron chi connectivity index (χ4n) is 0. The maximum absolute atomic E-state index is 8.61. The van der Waals surface area contributed by atoms with Crippen molar-refractivity contribution in [2.24, 2.45) is 0 Å². The Morgan fingerprint density at radius 3 is 1.14 bits per heavy atom. The molecule has 1 radical (unpaired) electrons. The Hall–Kier alpha value is 0.705. The zero-order valence-corrected chi connectivity index (χ0v) is 5.83. The molecule has 0 heterocycles. The predicted octanol–water partition coefficient (Wildman–Crippen LogP) is -4.89. The topological polar surface area (TPSA) is 118 Å². The first-order valence-electron chi connectivity index (χ1n) is 0.730. The Morgan fingerprint density at radius 2 is 1.14 bits per heavy atom. The molecule has 0 bridgehead atoms. The molecule has 0 rings (SSSR count). The molecule has 0 aromatic heterocycles. The molecule has 7 heavy (non-hydrogen) atoms. The average molecular weight is 216 g/mol. The van der Waals surface area contributed by atoms with Gasteiger partial charge in [-0.15, -0.1) is 0 Å². The molecule has 5 nitrogen and oxygen atoms in total. The molecule has 0 aromatic carbocycles. The molecule has 2 N–H and O–H groups in total. The number of hydrogen-bond acceptors (Lipinski definition) is 4. The van der Waals surface area contributed by atoms with Crippen molar-refractivity contribution in [3.05, 3.63) is 0 Å². The van der Waals surface area contributed by atoms with E-state index >= 15 is 0 Å². The fraction of sp³-hybridized carbons (Fsp3) is 0. The second kappa shape index (κ2) is 4.85. The van der Waals surface area contributed by atoms with Crippen LogP contribution in [0.2, 0.25) is 0 Å². The summed E-state index contributed by atoms with van der Waals surface area (Å²) >= 11 is -5.88. The zero-order chi connectivity index (χ0) is 4.50. The minimum atomic E-state index is -5.88. The third-order valence-corrected chi connectivity index (χ3v) is 0. The van der Waals surface area contributed by atoms with Gasteiger partial charge >= 0.3 is 47.3 Å². The van der Waals surface area contributed by atoms with Gasteiger partial charge in [0.2, 0.25) is 0 Å². The summed E-state index contributed by atoms with van der Waals surface area (Å²) in [7, 11) is 0. The molecule has 0 aliphatic carbocycles. The van der Waals surface area contributed by atoms with Gasteiger partial charge in [0.25, 0.3) is 0 Å². The first-order valence-corrected chi connectivity index (χ1v) is 3.79. The molecule has 0 unspecified atom stereocenters. The van der Waals surface area contributed by atoms with E-state index in [0.717, 1.165) is 0 Å². The Balaban J connectivity index is -0.0000000800. The Morgan fingerprint density at radius 1 is 1.14 bits per heavy atom. The van der Waals surface area contributed by atoms with E-state index in [4.69, 9.17) is 16.0 Å². The van der Waals surface area contributed by atoms with E-state index in [0.29, 0.717) is 0 Å². The largest absolute Gasteiger partial charge is 2.00 e. The number of hydrogen-bond donors (Lipinski definition) is 0. The first-order chi connectivity index (χ1) is 2.00. The molecule has 0 saturated heterocycles. The Labute approximate surface area is 53.2 Å². The molecule has 7 heteroatoms. The van der Waals surface area contributed by atoms with Crippen molar-refractivity contribution in [3.63, 3.8) is 0 Å². The van der Waals surface area contributed by atoms with Gasteiger partial charge in [0.05, 0.1) is 0 Å². The Kier molecular flexibility index (Phi) is 10.9. The van der Waals surface area contributed by atoms with E-state index in [-0.39, 0.29) is 22.3 Å². The van der Waals surface area contributed by atoms with Crippen LogP contribution in [0.4, 0.5) is 0 Å². The van der Waals surface area contributed by atoms with Crippen LogP contribution in [0.5, 0.6) is 0 Å². The SMILES string of the molecule is O.O=[As]([O-])([O-])[O-].[Co+2]. The van der Waals surface area contributed by atoms with Crippen molar-refractivity contribution >= 4 is 14.5 Å². The summed E-state index contributed by atoms with van der Waals surface area (Å²) in [5.41, 5.74) is 0.